The van der Waals surface area contributed by atoms with Gasteiger partial charge in [-0.15, -0.1) is 0 Å². The Kier molecular flexibility index (Phi) is 6.13. The van der Waals surface area contributed by atoms with Gasteiger partial charge in [-0.2, -0.15) is 0 Å². The van der Waals surface area contributed by atoms with Gasteiger partial charge in [-0.25, -0.2) is 0 Å². The minimum absolute atomic E-state index is 0.0736. The molecule has 0 aliphatic heterocycles. The van der Waals surface area contributed by atoms with E-state index >= 15 is 0 Å². The van der Waals surface area contributed by atoms with Crippen LogP contribution in [0.15, 0.2) is 0 Å². The number of nitrogens with one attached hydrogen (secondary N) is 1. The molecule has 0 aromatic heterocycles. The van der Waals surface area contributed by atoms with Crippen LogP contribution in [0, 0.1) is 11.3 Å². The Balaban J connectivity index is 3.95. The molecule has 0 fully saturated rings. The zero-order valence-corrected chi connectivity index (χ0v) is 11.7. The summed E-state index contributed by atoms with van der Waals surface area (Å²) in [5.41, 5.74) is -1.01. The third-order valence-electron chi connectivity index (χ3n) is 2.50. The Labute approximate surface area is 104 Å². The molecule has 0 saturated carbocycles. The average Bonchev–Trinajstić information content (AvgIpc) is 2.12. The van der Waals surface area contributed by atoms with E-state index in [1.807, 2.05) is 0 Å². The number of hydrogen-bond acceptors (Lipinski definition) is 3. The van der Waals surface area contributed by atoms with Crippen LogP contribution in [-0.2, 0) is 4.79 Å². The van der Waals surface area contributed by atoms with Crippen LogP contribution in [0.3, 0.4) is 0 Å². The first kappa shape index (κ1) is 16.4. The lowest BCUT2D eigenvalue weighted by atomic mass is 9.84. The summed E-state index contributed by atoms with van der Waals surface area (Å²) in [5, 5.41) is 21.0. The summed E-state index contributed by atoms with van der Waals surface area (Å²) < 4.78 is 0. The van der Waals surface area contributed by atoms with Crippen molar-refractivity contribution in [1.82, 2.24) is 5.32 Å². The quantitative estimate of drug-likeness (QED) is 0.661. The maximum atomic E-state index is 11.6. The van der Waals surface area contributed by atoms with Crippen LogP contribution in [0.1, 0.15) is 47.5 Å². The van der Waals surface area contributed by atoms with E-state index in [1.54, 1.807) is 0 Å². The lowest BCUT2D eigenvalue weighted by Gasteiger charge is -2.24. The van der Waals surface area contributed by atoms with Gasteiger partial charge in [0.2, 0.25) is 5.91 Å². The molecule has 0 saturated heterocycles. The largest absolute Gasteiger partial charge is 0.393 e. The van der Waals surface area contributed by atoms with Crippen molar-refractivity contribution in [2.24, 2.45) is 11.3 Å². The third-order valence-corrected chi connectivity index (χ3v) is 2.50. The van der Waals surface area contributed by atoms with E-state index in [-0.39, 0.29) is 24.5 Å². The van der Waals surface area contributed by atoms with E-state index in [1.165, 1.54) is 6.92 Å². The molecular formula is C13H27NO3. The van der Waals surface area contributed by atoms with Crippen molar-refractivity contribution < 1.29 is 15.0 Å². The number of rotatable bonds is 6. The van der Waals surface area contributed by atoms with Crippen molar-refractivity contribution in [1.29, 1.82) is 0 Å². The number of carbonyl (C=O) groups excluding carboxylic acids is 1. The van der Waals surface area contributed by atoms with Gasteiger partial charge in [-0.3, -0.25) is 4.79 Å². The highest BCUT2D eigenvalue weighted by molar-refractivity contribution is 5.76. The zero-order valence-electron chi connectivity index (χ0n) is 11.7. The van der Waals surface area contributed by atoms with Crippen LogP contribution >= 0.6 is 0 Å². The predicted molar refractivity (Wildman–Crippen MR) is 68.6 cm³/mol. The van der Waals surface area contributed by atoms with E-state index < -0.39 is 5.60 Å². The fourth-order valence-corrected chi connectivity index (χ4v) is 1.85. The van der Waals surface area contributed by atoms with Gasteiger partial charge in [0.1, 0.15) is 5.60 Å². The normalized spacial score (nSPS) is 17.4. The third kappa shape index (κ3) is 9.12. The average molecular weight is 245 g/mol. The molecule has 3 N–H and O–H groups in total. The van der Waals surface area contributed by atoms with Gasteiger partial charge in [0.15, 0.2) is 0 Å². The number of aliphatic hydroxyl groups is 2. The Hall–Kier alpha value is -0.610. The van der Waals surface area contributed by atoms with Gasteiger partial charge < -0.3 is 15.5 Å². The van der Waals surface area contributed by atoms with Crippen LogP contribution in [0.5, 0.6) is 0 Å². The number of carbonyl (C=O) groups is 1. The molecule has 0 heterocycles. The predicted octanol–water partition coefficient (Wildman–Crippen LogP) is 1.31. The van der Waals surface area contributed by atoms with Crippen LogP contribution in [0.2, 0.25) is 0 Å². The highest BCUT2D eigenvalue weighted by atomic mass is 16.3. The topological polar surface area (TPSA) is 69.6 Å². The first-order valence-electron chi connectivity index (χ1n) is 6.16. The highest BCUT2D eigenvalue weighted by Gasteiger charge is 2.21. The SMILES string of the molecule is CC(CC(=O)NCC(C)(O)CO)CC(C)(C)C. The second-order valence-corrected chi connectivity index (χ2v) is 6.51. The lowest BCUT2D eigenvalue weighted by molar-refractivity contribution is -0.123. The number of hydrogen-bond donors (Lipinski definition) is 3. The number of amides is 1. The minimum Gasteiger partial charge on any atom is -0.393 e. The summed E-state index contributed by atoms with van der Waals surface area (Å²) in [6.45, 7) is 9.73. The van der Waals surface area contributed by atoms with Gasteiger partial charge in [0.05, 0.1) is 6.61 Å². The van der Waals surface area contributed by atoms with Gasteiger partial charge in [-0.05, 0) is 24.7 Å². The highest BCUT2D eigenvalue weighted by Crippen LogP contribution is 2.25. The van der Waals surface area contributed by atoms with Gasteiger partial charge >= 0.3 is 0 Å². The molecule has 0 spiro atoms. The zero-order chi connectivity index (χ0) is 13.7. The molecule has 2 atom stereocenters. The molecule has 0 aliphatic carbocycles. The fraction of sp³-hybridized carbons (Fsp3) is 0.923. The lowest BCUT2D eigenvalue weighted by Crippen LogP contribution is -2.43. The van der Waals surface area contributed by atoms with Crippen molar-refractivity contribution in [3.63, 3.8) is 0 Å². The summed E-state index contributed by atoms with van der Waals surface area (Å²) in [6, 6.07) is 0. The molecule has 2 unspecified atom stereocenters. The van der Waals surface area contributed by atoms with Gasteiger partial charge in [0, 0.05) is 13.0 Å². The summed E-state index contributed by atoms with van der Waals surface area (Å²) in [5.74, 6) is 0.240. The summed E-state index contributed by atoms with van der Waals surface area (Å²) in [7, 11) is 0. The second-order valence-electron chi connectivity index (χ2n) is 6.51. The smallest absolute Gasteiger partial charge is 0.220 e. The maximum Gasteiger partial charge on any atom is 0.220 e. The minimum atomic E-state index is -1.23. The van der Waals surface area contributed by atoms with Crippen molar-refractivity contribution in [2.45, 2.75) is 53.1 Å². The standard InChI is InChI=1S/C13H27NO3/c1-10(7-12(2,3)4)6-11(16)14-8-13(5,17)9-15/h10,15,17H,6-9H2,1-5H3,(H,14,16). The van der Waals surface area contributed by atoms with Crippen molar-refractivity contribution in [3.05, 3.63) is 0 Å². The molecular weight excluding hydrogens is 218 g/mol. The van der Waals surface area contributed by atoms with Crippen LogP contribution < -0.4 is 5.32 Å². The van der Waals surface area contributed by atoms with Gasteiger partial charge in [-0.1, -0.05) is 27.7 Å². The second kappa shape index (κ2) is 6.36. The molecule has 0 aromatic rings. The fourth-order valence-electron chi connectivity index (χ4n) is 1.85. The maximum absolute atomic E-state index is 11.6. The van der Waals surface area contributed by atoms with E-state index in [2.05, 4.69) is 33.0 Å². The van der Waals surface area contributed by atoms with E-state index in [0.717, 1.165) is 6.42 Å². The summed E-state index contributed by atoms with van der Waals surface area (Å²) >= 11 is 0. The summed E-state index contributed by atoms with van der Waals surface area (Å²) in [4.78, 5) is 11.6. The molecule has 0 radical (unpaired) electrons. The molecule has 0 aliphatic rings. The molecule has 0 aromatic carbocycles. The Morgan fingerprint density at radius 1 is 1.29 bits per heavy atom. The van der Waals surface area contributed by atoms with Crippen molar-refractivity contribution in [2.75, 3.05) is 13.2 Å². The Morgan fingerprint density at radius 3 is 2.24 bits per heavy atom. The monoisotopic (exact) mass is 245 g/mol. The van der Waals surface area contributed by atoms with Crippen LogP contribution in [-0.4, -0.2) is 34.9 Å². The Bertz CT molecular complexity index is 244. The molecule has 102 valence electrons. The molecule has 17 heavy (non-hydrogen) atoms. The van der Waals surface area contributed by atoms with Crippen LogP contribution in [0.25, 0.3) is 0 Å². The van der Waals surface area contributed by atoms with Gasteiger partial charge in [0.25, 0.3) is 0 Å². The molecule has 4 nitrogen and oxygen atoms in total. The van der Waals surface area contributed by atoms with E-state index in [0.29, 0.717) is 12.3 Å². The first-order valence-corrected chi connectivity index (χ1v) is 6.16. The number of aliphatic hydroxyl groups excluding tert-OH is 1. The molecule has 0 rings (SSSR count). The van der Waals surface area contributed by atoms with Crippen molar-refractivity contribution in [3.8, 4) is 0 Å². The molecule has 0 bridgehead atoms. The Morgan fingerprint density at radius 2 is 1.82 bits per heavy atom. The van der Waals surface area contributed by atoms with E-state index in [9.17, 15) is 9.90 Å². The summed E-state index contributed by atoms with van der Waals surface area (Å²) in [6.07, 6.45) is 1.44. The molecule has 4 heteroatoms. The molecule has 1 amide bonds. The first-order chi connectivity index (χ1) is 7.56. The van der Waals surface area contributed by atoms with E-state index in [4.69, 9.17) is 5.11 Å². The van der Waals surface area contributed by atoms with Crippen LogP contribution in [0.4, 0.5) is 0 Å². The van der Waals surface area contributed by atoms with Crippen molar-refractivity contribution >= 4 is 5.91 Å².